The number of rotatable bonds is 8. The highest BCUT2D eigenvalue weighted by Crippen LogP contribution is 2.30. The fourth-order valence-corrected chi connectivity index (χ4v) is 4.30. The van der Waals surface area contributed by atoms with Crippen LogP contribution in [0.2, 0.25) is 0 Å². The minimum Gasteiger partial charge on any atom is -0.386 e. The third-order valence-electron chi connectivity index (χ3n) is 6.20. The van der Waals surface area contributed by atoms with Crippen molar-refractivity contribution in [1.29, 1.82) is 0 Å². The Hall–Kier alpha value is -3.75. The lowest BCUT2D eigenvalue weighted by molar-refractivity contribution is -0.137. The predicted molar refractivity (Wildman–Crippen MR) is 132 cm³/mol. The van der Waals surface area contributed by atoms with E-state index in [0.29, 0.717) is 28.7 Å². The lowest BCUT2D eigenvalue weighted by Gasteiger charge is -2.25. The third-order valence-corrected chi connectivity index (χ3v) is 6.20. The van der Waals surface area contributed by atoms with Crippen LogP contribution in [0, 0.1) is 5.82 Å². The lowest BCUT2D eigenvalue weighted by atomic mass is 9.94. The Morgan fingerprint density at radius 2 is 1.57 bits per heavy atom. The molecule has 2 atom stereocenters. The molecule has 0 aromatic heterocycles. The van der Waals surface area contributed by atoms with E-state index in [2.05, 4.69) is 5.32 Å². The molecule has 4 nitrogen and oxygen atoms in total. The summed E-state index contributed by atoms with van der Waals surface area (Å²) in [5.74, 6) is -0.944. The van der Waals surface area contributed by atoms with Gasteiger partial charge in [0.05, 0.1) is 24.3 Å². The number of ether oxygens (including phenoxy) is 1. The average Bonchev–Trinajstić information content (AvgIpc) is 2.88. The molecule has 4 aromatic carbocycles. The summed E-state index contributed by atoms with van der Waals surface area (Å²) in [6.45, 7) is 0.363. The van der Waals surface area contributed by atoms with Gasteiger partial charge in [-0.05, 0) is 64.2 Å². The largest absolute Gasteiger partial charge is 0.416 e. The minimum absolute atomic E-state index is 0.0438. The van der Waals surface area contributed by atoms with Gasteiger partial charge in [0.25, 0.3) is 5.91 Å². The van der Waals surface area contributed by atoms with Gasteiger partial charge < -0.3 is 15.2 Å². The Morgan fingerprint density at radius 1 is 0.919 bits per heavy atom. The van der Waals surface area contributed by atoms with Gasteiger partial charge in [-0.15, -0.1) is 0 Å². The van der Waals surface area contributed by atoms with Crippen LogP contribution in [-0.4, -0.2) is 24.2 Å². The van der Waals surface area contributed by atoms with Gasteiger partial charge in [-0.3, -0.25) is 4.79 Å². The van der Waals surface area contributed by atoms with E-state index in [1.807, 2.05) is 24.3 Å². The molecule has 0 aliphatic heterocycles. The molecule has 37 heavy (non-hydrogen) atoms. The van der Waals surface area contributed by atoms with E-state index in [4.69, 9.17) is 4.74 Å². The standard InChI is InChI=1S/C29H25F4NO3/c1-37-17-20-10-15-25(24-5-3-2-4-23(20)24)28(36)34-26(27(35)19-8-13-22(30)14-9-19)16-18-6-11-21(12-7-18)29(31,32)33/h2-15,26-27,35H,16-17H2,1H3,(H,34,36)/t26-,27+/m0/s1. The summed E-state index contributed by atoms with van der Waals surface area (Å²) in [4.78, 5) is 13.4. The lowest BCUT2D eigenvalue weighted by Crippen LogP contribution is -2.41. The molecule has 192 valence electrons. The quantitative estimate of drug-likeness (QED) is 0.276. The molecule has 4 rings (SSSR count). The predicted octanol–water partition coefficient (Wildman–Crippen LogP) is 6.22. The molecule has 4 aromatic rings. The van der Waals surface area contributed by atoms with Crippen LogP contribution in [-0.2, 0) is 23.9 Å². The van der Waals surface area contributed by atoms with Gasteiger partial charge >= 0.3 is 6.18 Å². The number of aliphatic hydroxyl groups is 1. The molecule has 1 amide bonds. The van der Waals surface area contributed by atoms with Crippen LogP contribution >= 0.6 is 0 Å². The number of nitrogens with one attached hydrogen (secondary N) is 1. The summed E-state index contributed by atoms with van der Waals surface area (Å²) in [6, 6.07) is 19.6. The van der Waals surface area contributed by atoms with Crippen LogP contribution in [0.1, 0.15) is 38.7 Å². The number of aliphatic hydroxyl groups excluding tert-OH is 1. The number of hydrogen-bond donors (Lipinski definition) is 2. The first-order valence-electron chi connectivity index (χ1n) is 11.6. The topological polar surface area (TPSA) is 58.6 Å². The van der Waals surface area contributed by atoms with Crippen molar-refractivity contribution in [2.24, 2.45) is 0 Å². The highest BCUT2D eigenvalue weighted by molar-refractivity contribution is 6.08. The van der Waals surface area contributed by atoms with Crippen LogP contribution < -0.4 is 5.32 Å². The molecule has 0 aliphatic rings. The molecule has 0 heterocycles. The normalized spacial score (nSPS) is 13.4. The van der Waals surface area contributed by atoms with Gasteiger partial charge in [-0.2, -0.15) is 13.2 Å². The number of alkyl halides is 3. The molecule has 8 heteroatoms. The summed E-state index contributed by atoms with van der Waals surface area (Å²) in [5, 5.41) is 15.5. The number of benzene rings is 4. The van der Waals surface area contributed by atoms with Crippen molar-refractivity contribution < 1.29 is 32.2 Å². The van der Waals surface area contributed by atoms with E-state index in [1.54, 1.807) is 19.2 Å². The van der Waals surface area contributed by atoms with Gasteiger partial charge in [0.15, 0.2) is 0 Å². The molecule has 0 bridgehead atoms. The van der Waals surface area contributed by atoms with Crippen molar-refractivity contribution in [2.75, 3.05) is 7.11 Å². The summed E-state index contributed by atoms with van der Waals surface area (Å²) in [5.41, 5.74) is 1.33. The van der Waals surface area contributed by atoms with Crippen LogP contribution in [0.3, 0.4) is 0 Å². The van der Waals surface area contributed by atoms with Gasteiger partial charge in [-0.1, -0.05) is 54.6 Å². The second-order valence-corrected chi connectivity index (χ2v) is 8.73. The molecular formula is C29H25F4NO3. The maximum absolute atomic E-state index is 13.4. The summed E-state index contributed by atoms with van der Waals surface area (Å²) >= 11 is 0. The Balaban J connectivity index is 1.66. The Morgan fingerprint density at radius 3 is 2.19 bits per heavy atom. The van der Waals surface area contributed by atoms with Crippen molar-refractivity contribution in [2.45, 2.75) is 31.3 Å². The summed E-state index contributed by atoms with van der Waals surface area (Å²) < 4.78 is 57.7. The smallest absolute Gasteiger partial charge is 0.386 e. The van der Waals surface area contributed by atoms with E-state index >= 15 is 0 Å². The van der Waals surface area contributed by atoms with Gasteiger partial charge in [0, 0.05) is 12.7 Å². The fourth-order valence-electron chi connectivity index (χ4n) is 4.30. The maximum Gasteiger partial charge on any atom is 0.416 e. The first-order chi connectivity index (χ1) is 17.7. The second-order valence-electron chi connectivity index (χ2n) is 8.73. The van der Waals surface area contributed by atoms with E-state index < -0.39 is 35.6 Å². The van der Waals surface area contributed by atoms with Crippen molar-refractivity contribution >= 4 is 16.7 Å². The van der Waals surface area contributed by atoms with Crippen molar-refractivity contribution in [3.05, 3.63) is 119 Å². The Labute approximate surface area is 211 Å². The Kier molecular flexibility index (Phi) is 7.90. The zero-order valence-electron chi connectivity index (χ0n) is 19.9. The molecular weight excluding hydrogens is 486 g/mol. The molecule has 0 fully saturated rings. The minimum atomic E-state index is -4.48. The van der Waals surface area contributed by atoms with Crippen LogP contribution in [0.15, 0.2) is 84.9 Å². The van der Waals surface area contributed by atoms with E-state index in [-0.39, 0.29) is 6.42 Å². The molecule has 0 unspecified atom stereocenters. The van der Waals surface area contributed by atoms with Crippen molar-refractivity contribution in [3.63, 3.8) is 0 Å². The number of hydrogen-bond acceptors (Lipinski definition) is 3. The number of methoxy groups -OCH3 is 1. The highest BCUT2D eigenvalue weighted by Gasteiger charge is 2.30. The number of halogens is 4. The highest BCUT2D eigenvalue weighted by atomic mass is 19.4. The van der Waals surface area contributed by atoms with Crippen LogP contribution in [0.25, 0.3) is 10.8 Å². The number of fused-ring (bicyclic) bond motifs is 1. The average molecular weight is 512 g/mol. The van der Waals surface area contributed by atoms with E-state index in [9.17, 15) is 27.5 Å². The zero-order chi connectivity index (χ0) is 26.6. The van der Waals surface area contributed by atoms with Gasteiger partial charge in [-0.25, -0.2) is 4.39 Å². The molecule has 0 saturated heterocycles. The number of carbonyl (C=O) groups is 1. The van der Waals surface area contributed by atoms with E-state index in [0.717, 1.165) is 23.1 Å². The molecule has 0 saturated carbocycles. The first kappa shape index (κ1) is 26.3. The van der Waals surface area contributed by atoms with Crippen LogP contribution in [0.4, 0.5) is 17.6 Å². The summed E-state index contributed by atoms with van der Waals surface area (Å²) in [6.07, 6.45) is -5.68. The Bertz CT molecular complexity index is 1370. The molecule has 0 aliphatic carbocycles. The molecule has 2 N–H and O–H groups in total. The summed E-state index contributed by atoms with van der Waals surface area (Å²) in [7, 11) is 1.58. The van der Waals surface area contributed by atoms with Gasteiger partial charge in [0.1, 0.15) is 5.82 Å². The fraction of sp³-hybridized carbons (Fsp3) is 0.207. The third kappa shape index (κ3) is 6.15. The molecule has 0 radical (unpaired) electrons. The molecule has 0 spiro atoms. The van der Waals surface area contributed by atoms with Crippen LogP contribution in [0.5, 0.6) is 0 Å². The van der Waals surface area contributed by atoms with Gasteiger partial charge in [0.2, 0.25) is 0 Å². The van der Waals surface area contributed by atoms with E-state index in [1.165, 1.54) is 36.4 Å². The van der Waals surface area contributed by atoms with Crippen molar-refractivity contribution in [3.8, 4) is 0 Å². The monoisotopic (exact) mass is 511 g/mol. The zero-order valence-corrected chi connectivity index (χ0v) is 19.9. The second kappa shape index (κ2) is 11.1. The number of carbonyl (C=O) groups excluding carboxylic acids is 1. The SMILES string of the molecule is COCc1ccc(C(=O)N[C@@H](Cc2ccc(C(F)(F)F)cc2)[C@H](O)c2ccc(F)cc2)c2ccccc12. The number of amides is 1. The maximum atomic E-state index is 13.4. The van der Waals surface area contributed by atoms with Crippen molar-refractivity contribution in [1.82, 2.24) is 5.32 Å². The first-order valence-corrected chi connectivity index (χ1v) is 11.6.